The second kappa shape index (κ2) is 7.95. The minimum absolute atomic E-state index is 0.00915. The van der Waals surface area contributed by atoms with E-state index in [0.29, 0.717) is 12.0 Å². The zero-order chi connectivity index (χ0) is 19.7. The van der Waals surface area contributed by atoms with Crippen LogP contribution in [0.5, 0.6) is 0 Å². The standard InChI is InChI=1S/C23H30N4O/c1-2-20-22-18(14-24)12-17(15-8-10-16(11-9-15)23(25)28)13-21(22)27(26-20)19-6-4-3-5-7-19/h12-13,15-16,19H,2-11H2,1H3,(H2,25,28). The molecule has 1 aromatic heterocycles. The topological polar surface area (TPSA) is 84.7 Å². The van der Waals surface area contributed by atoms with Crippen LogP contribution in [0.1, 0.15) is 93.5 Å². The van der Waals surface area contributed by atoms with Crippen LogP contribution in [0.4, 0.5) is 0 Å². The summed E-state index contributed by atoms with van der Waals surface area (Å²) in [5.74, 6) is 0.233. The quantitative estimate of drug-likeness (QED) is 0.834. The molecule has 148 valence electrons. The Balaban J connectivity index is 1.75. The zero-order valence-corrected chi connectivity index (χ0v) is 16.8. The van der Waals surface area contributed by atoms with Crippen molar-refractivity contribution in [2.75, 3.05) is 0 Å². The molecule has 0 atom stereocenters. The van der Waals surface area contributed by atoms with Gasteiger partial charge >= 0.3 is 0 Å². The number of nitriles is 1. The average Bonchev–Trinajstić information content (AvgIpc) is 3.12. The Hall–Kier alpha value is -2.35. The summed E-state index contributed by atoms with van der Waals surface area (Å²) in [6.07, 6.45) is 10.6. The van der Waals surface area contributed by atoms with Gasteiger partial charge in [-0.1, -0.05) is 26.2 Å². The first-order valence-electron chi connectivity index (χ1n) is 10.9. The van der Waals surface area contributed by atoms with Crippen molar-refractivity contribution in [2.24, 2.45) is 11.7 Å². The summed E-state index contributed by atoms with van der Waals surface area (Å²) in [4.78, 5) is 11.5. The van der Waals surface area contributed by atoms with Gasteiger partial charge in [-0.15, -0.1) is 0 Å². The van der Waals surface area contributed by atoms with Gasteiger partial charge in [0.15, 0.2) is 0 Å². The Bertz CT molecular complexity index is 909. The van der Waals surface area contributed by atoms with Crippen LogP contribution in [0.25, 0.3) is 10.9 Å². The zero-order valence-electron chi connectivity index (χ0n) is 16.8. The number of carbonyl (C=O) groups excluding carboxylic acids is 1. The Kier molecular flexibility index (Phi) is 5.39. The number of fused-ring (bicyclic) bond motifs is 1. The predicted octanol–water partition coefficient (Wildman–Crippen LogP) is 4.73. The van der Waals surface area contributed by atoms with Gasteiger partial charge in [-0.3, -0.25) is 9.48 Å². The number of benzene rings is 1. The molecule has 0 unspecified atom stereocenters. The third kappa shape index (κ3) is 3.41. The number of aryl methyl sites for hydroxylation is 1. The van der Waals surface area contributed by atoms with E-state index in [2.05, 4.69) is 29.8 Å². The molecule has 5 heteroatoms. The maximum Gasteiger partial charge on any atom is 0.220 e. The van der Waals surface area contributed by atoms with Gasteiger partial charge in [0, 0.05) is 11.3 Å². The molecule has 5 nitrogen and oxygen atoms in total. The number of carbonyl (C=O) groups is 1. The lowest BCUT2D eigenvalue weighted by molar-refractivity contribution is -0.122. The number of rotatable bonds is 4. The Morgan fingerprint density at radius 1 is 1.18 bits per heavy atom. The molecule has 0 bridgehead atoms. The van der Waals surface area contributed by atoms with Gasteiger partial charge in [0.1, 0.15) is 0 Å². The fraction of sp³-hybridized carbons (Fsp3) is 0.609. The van der Waals surface area contributed by atoms with Crippen molar-refractivity contribution in [1.29, 1.82) is 5.26 Å². The molecule has 0 radical (unpaired) electrons. The smallest absolute Gasteiger partial charge is 0.220 e. The lowest BCUT2D eigenvalue weighted by Gasteiger charge is -2.27. The lowest BCUT2D eigenvalue weighted by Crippen LogP contribution is -2.27. The van der Waals surface area contributed by atoms with E-state index in [1.807, 2.05) is 0 Å². The highest BCUT2D eigenvalue weighted by atomic mass is 16.1. The molecule has 2 aliphatic carbocycles. The lowest BCUT2D eigenvalue weighted by atomic mass is 9.78. The average molecular weight is 379 g/mol. The van der Waals surface area contributed by atoms with E-state index in [1.54, 1.807) is 0 Å². The van der Waals surface area contributed by atoms with E-state index in [4.69, 9.17) is 10.8 Å². The second-order valence-corrected chi connectivity index (χ2v) is 8.56. The van der Waals surface area contributed by atoms with Gasteiger partial charge in [0.05, 0.1) is 28.9 Å². The molecule has 0 saturated heterocycles. The number of amides is 1. The van der Waals surface area contributed by atoms with Crippen LogP contribution < -0.4 is 5.73 Å². The van der Waals surface area contributed by atoms with Gasteiger partial charge in [0.25, 0.3) is 0 Å². The van der Waals surface area contributed by atoms with Gasteiger partial charge < -0.3 is 5.73 Å². The van der Waals surface area contributed by atoms with Crippen molar-refractivity contribution in [1.82, 2.24) is 9.78 Å². The fourth-order valence-corrected chi connectivity index (χ4v) is 5.25. The van der Waals surface area contributed by atoms with Crippen molar-refractivity contribution in [3.05, 3.63) is 29.0 Å². The summed E-state index contributed by atoms with van der Waals surface area (Å²) < 4.78 is 2.23. The largest absolute Gasteiger partial charge is 0.369 e. The number of aromatic nitrogens is 2. The van der Waals surface area contributed by atoms with Crippen LogP contribution in [-0.4, -0.2) is 15.7 Å². The highest BCUT2D eigenvalue weighted by molar-refractivity contribution is 5.89. The summed E-state index contributed by atoms with van der Waals surface area (Å²) in [5.41, 5.74) is 9.66. The molecule has 1 amide bonds. The van der Waals surface area contributed by atoms with E-state index in [1.165, 1.54) is 37.7 Å². The second-order valence-electron chi connectivity index (χ2n) is 8.56. The number of nitrogens with zero attached hydrogens (tertiary/aromatic N) is 3. The number of hydrogen-bond donors (Lipinski definition) is 1. The van der Waals surface area contributed by atoms with Crippen LogP contribution in [0.15, 0.2) is 12.1 Å². The van der Waals surface area contributed by atoms with Crippen molar-refractivity contribution in [2.45, 2.75) is 83.1 Å². The minimum Gasteiger partial charge on any atom is -0.369 e. The summed E-state index contributed by atoms with van der Waals surface area (Å²) in [7, 11) is 0. The maximum atomic E-state index is 11.5. The molecular weight excluding hydrogens is 348 g/mol. The molecule has 0 aliphatic heterocycles. The monoisotopic (exact) mass is 378 g/mol. The summed E-state index contributed by atoms with van der Waals surface area (Å²) >= 11 is 0. The molecule has 1 aromatic carbocycles. The molecule has 2 aliphatic rings. The van der Waals surface area contributed by atoms with Gasteiger partial charge in [-0.05, 0) is 68.6 Å². The molecule has 1 heterocycles. The van der Waals surface area contributed by atoms with Crippen LogP contribution in [0.3, 0.4) is 0 Å². The summed E-state index contributed by atoms with van der Waals surface area (Å²) in [6.45, 7) is 2.12. The van der Waals surface area contributed by atoms with Crippen molar-refractivity contribution in [3.63, 3.8) is 0 Å². The highest BCUT2D eigenvalue weighted by Gasteiger charge is 2.28. The van der Waals surface area contributed by atoms with Crippen LogP contribution >= 0.6 is 0 Å². The Morgan fingerprint density at radius 3 is 2.50 bits per heavy atom. The third-order valence-electron chi connectivity index (χ3n) is 6.88. The van der Waals surface area contributed by atoms with Crippen molar-refractivity contribution < 1.29 is 4.79 Å². The minimum atomic E-state index is -0.172. The molecular formula is C23H30N4O. The Morgan fingerprint density at radius 2 is 1.89 bits per heavy atom. The van der Waals surface area contributed by atoms with Crippen LogP contribution in [-0.2, 0) is 11.2 Å². The van der Waals surface area contributed by atoms with E-state index in [0.717, 1.165) is 54.3 Å². The number of primary amides is 1. The molecule has 2 fully saturated rings. The van der Waals surface area contributed by atoms with Crippen molar-refractivity contribution in [3.8, 4) is 6.07 Å². The predicted molar refractivity (Wildman–Crippen MR) is 110 cm³/mol. The van der Waals surface area contributed by atoms with Gasteiger partial charge in [0.2, 0.25) is 5.91 Å². The van der Waals surface area contributed by atoms with E-state index in [-0.39, 0.29) is 11.8 Å². The van der Waals surface area contributed by atoms with E-state index >= 15 is 0 Å². The SMILES string of the molecule is CCc1nn(C2CCCCC2)c2cc(C3CCC(C(N)=O)CC3)cc(C#N)c12. The molecule has 2 saturated carbocycles. The number of hydrogen-bond acceptors (Lipinski definition) is 3. The van der Waals surface area contributed by atoms with E-state index in [9.17, 15) is 10.1 Å². The van der Waals surface area contributed by atoms with E-state index < -0.39 is 0 Å². The Labute approximate surface area is 166 Å². The third-order valence-corrected chi connectivity index (χ3v) is 6.88. The first-order valence-corrected chi connectivity index (χ1v) is 10.9. The summed E-state index contributed by atoms with van der Waals surface area (Å²) in [6, 6.07) is 7.25. The first kappa shape index (κ1) is 19.0. The molecule has 2 N–H and O–H groups in total. The first-order chi connectivity index (χ1) is 13.6. The highest BCUT2D eigenvalue weighted by Crippen LogP contribution is 2.39. The van der Waals surface area contributed by atoms with Crippen LogP contribution in [0, 0.1) is 17.2 Å². The molecule has 0 spiro atoms. The maximum absolute atomic E-state index is 11.5. The van der Waals surface area contributed by atoms with Gasteiger partial charge in [-0.2, -0.15) is 10.4 Å². The molecule has 2 aromatic rings. The fourth-order valence-electron chi connectivity index (χ4n) is 5.25. The summed E-state index contributed by atoms with van der Waals surface area (Å²) in [5, 5.41) is 15.9. The number of nitrogens with two attached hydrogens (primary N) is 1. The normalized spacial score (nSPS) is 23.6. The molecule has 4 rings (SSSR count). The van der Waals surface area contributed by atoms with Crippen LogP contribution in [0.2, 0.25) is 0 Å². The molecule has 28 heavy (non-hydrogen) atoms. The van der Waals surface area contributed by atoms with Crippen molar-refractivity contribution >= 4 is 16.8 Å². The van der Waals surface area contributed by atoms with Gasteiger partial charge in [-0.25, -0.2) is 0 Å².